The quantitative estimate of drug-likeness (QED) is 0.431. The summed E-state index contributed by atoms with van der Waals surface area (Å²) in [6, 6.07) is 16.8. The van der Waals surface area contributed by atoms with Crippen molar-refractivity contribution in [1.82, 2.24) is 19.9 Å². The van der Waals surface area contributed by atoms with Gasteiger partial charge in [-0.3, -0.25) is 14.6 Å². The Balaban J connectivity index is 1.82. The van der Waals surface area contributed by atoms with E-state index in [0.29, 0.717) is 34.7 Å². The third kappa shape index (κ3) is 4.76. The first kappa shape index (κ1) is 23.0. The molecule has 0 saturated carbocycles. The number of hydrogen-bond acceptors (Lipinski definition) is 5. The van der Waals surface area contributed by atoms with Crippen LogP contribution in [0.4, 0.5) is 5.69 Å². The topological polar surface area (TPSA) is 98.1 Å². The van der Waals surface area contributed by atoms with Crippen molar-refractivity contribution >= 4 is 28.5 Å². The van der Waals surface area contributed by atoms with Gasteiger partial charge in [0.25, 0.3) is 5.91 Å². The zero-order chi connectivity index (χ0) is 24.2. The number of aromatic nitrogens is 3. The zero-order valence-electron chi connectivity index (χ0n) is 19.7. The fourth-order valence-corrected chi connectivity index (χ4v) is 3.97. The van der Waals surface area contributed by atoms with E-state index in [9.17, 15) is 9.59 Å². The van der Waals surface area contributed by atoms with Gasteiger partial charge in [-0.25, -0.2) is 4.98 Å². The summed E-state index contributed by atoms with van der Waals surface area (Å²) in [5.74, 6) is 0.936. The Labute approximate surface area is 198 Å². The summed E-state index contributed by atoms with van der Waals surface area (Å²) in [5.41, 5.74) is 4.77. The molecule has 0 aliphatic rings. The predicted octanol–water partition coefficient (Wildman–Crippen LogP) is 4.32. The van der Waals surface area contributed by atoms with E-state index in [4.69, 9.17) is 9.72 Å². The second-order valence-electron chi connectivity index (χ2n) is 7.94. The van der Waals surface area contributed by atoms with Gasteiger partial charge in [-0.1, -0.05) is 18.2 Å². The Hall–Kier alpha value is -4.20. The van der Waals surface area contributed by atoms with E-state index in [1.807, 2.05) is 60.9 Å². The maximum atomic E-state index is 13.4. The van der Waals surface area contributed by atoms with Gasteiger partial charge in [0.2, 0.25) is 5.91 Å². The summed E-state index contributed by atoms with van der Waals surface area (Å²) in [6.45, 7) is 6.23. The zero-order valence-corrected chi connectivity index (χ0v) is 19.7. The van der Waals surface area contributed by atoms with E-state index in [0.717, 1.165) is 22.7 Å². The van der Waals surface area contributed by atoms with Crippen LogP contribution in [-0.4, -0.2) is 33.5 Å². The first-order valence-electron chi connectivity index (χ1n) is 11.1. The minimum absolute atomic E-state index is 0.224. The molecule has 2 aromatic carbocycles. The average Bonchev–Trinajstić information content (AvgIpc) is 3.20. The largest absolute Gasteiger partial charge is 0.497 e. The number of ether oxygens (including phenoxy) is 1. The number of aryl methyl sites for hydroxylation is 2. The number of hydrogen-bond donors (Lipinski definition) is 2. The first-order chi connectivity index (χ1) is 16.4. The maximum Gasteiger partial charge on any atom is 0.253 e. The van der Waals surface area contributed by atoms with Gasteiger partial charge in [0, 0.05) is 30.4 Å². The molecule has 34 heavy (non-hydrogen) atoms. The Bertz CT molecular complexity index is 1380. The number of nitrogens with one attached hydrogen (secondary N) is 2. The third-order valence-electron chi connectivity index (χ3n) is 5.43. The van der Waals surface area contributed by atoms with Crippen molar-refractivity contribution in [3.63, 3.8) is 0 Å². The molecular formula is C26H27N5O3. The van der Waals surface area contributed by atoms with E-state index in [-0.39, 0.29) is 18.4 Å². The molecule has 0 aliphatic carbocycles. The van der Waals surface area contributed by atoms with Crippen molar-refractivity contribution in [1.29, 1.82) is 0 Å². The van der Waals surface area contributed by atoms with Gasteiger partial charge in [0.15, 0.2) is 0 Å². The van der Waals surface area contributed by atoms with Crippen molar-refractivity contribution in [2.24, 2.45) is 0 Å². The molecule has 8 heteroatoms. The van der Waals surface area contributed by atoms with Crippen molar-refractivity contribution in [2.75, 3.05) is 12.4 Å². The number of nitrogens with zero attached hydrogens (tertiary/aromatic N) is 3. The van der Waals surface area contributed by atoms with Crippen LogP contribution in [-0.2, 0) is 17.9 Å². The summed E-state index contributed by atoms with van der Waals surface area (Å²) in [4.78, 5) is 34.4. The van der Waals surface area contributed by atoms with Crippen molar-refractivity contribution < 1.29 is 14.3 Å². The van der Waals surface area contributed by atoms with Gasteiger partial charge in [0.1, 0.15) is 11.6 Å². The number of amides is 2. The highest BCUT2D eigenvalue weighted by Gasteiger charge is 2.21. The van der Waals surface area contributed by atoms with Gasteiger partial charge < -0.3 is 19.9 Å². The van der Waals surface area contributed by atoms with Crippen LogP contribution in [0.2, 0.25) is 0 Å². The molecule has 2 amide bonds. The van der Waals surface area contributed by atoms with Crippen LogP contribution in [0.3, 0.4) is 0 Å². The lowest BCUT2D eigenvalue weighted by molar-refractivity contribution is -0.114. The number of imidazole rings is 1. The van der Waals surface area contributed by atoms with Crippen LogP contribution in [0, 0.1) is 6.92 Å². The lowest BCUT2D eigenvalue weighted by atomic mass is 10.1. The molecule has 0 aliphatic heterocycles. The minimum atomic E-state index is -0.271. The number of carbonyl (C=O) groups excluding carboxylic acids is 2. The van der Waals surface area contributed by atoms with E-state index < -0.39 is 0 Å². The van der Waals surface area contributed by atoms with Crippen LogP contribution < -0.4 is 15.4 Å². The van der Waals surface area contributed by atoms with E-state index in [1.54, 1.807) is 19.2 Å². The number of anilines is 1. The van der Waals surface area contributed by atoms with Crippen LogP contribution in [0.25, 0.3) is 22.4 Å². The van der Waals surface area contributed by atoms with Crippen molar-refractivity contribution in [2.45, 2.75) is 33.9 Å². The third-order valence-corrected chi connectivity index (χ3v) is 5.43. The Morgan fingerprint density at radius 3 is 2.56 bits per heavy atom. The molecule has 0 spiro atoms. The molecule has 0 fully saturated rings. The Morgan fingerprint density at radius 2 is 1.85 bits per heavy atom. The highest BCUT2D eigenvalue weighted by Crippen LogP contribution is 2.31. The van der Waals surface area contributed by atoms with Crippen LogP contribution in [0.5, 0.6) is 5.75 Å². The average molecular weight is 458 g/mol. The number of carbonyl (C=O) groups is 2. The molecular weight excluding hydrogens is 430 g/mol. The van der Waals surface area contributed by atoms with Crippen LogP contribution in [0.15, 0.2) is 54.6 Å². The van der Waals surface area contributed by atoms with E-state index >= 15 is 0 Å². The molecule has 0 saturated heterocycles. The molecule has 0 atom stereocenters. The number of fused-ring (bicyclic) bond motifs is 1. The molecule has 2 N–H and O–H groups in total. The predicted molar refractivity (Wildman–Crippen MR) is 132 cm³/mol. The van der Waals surface area contributed by atoms with Gasteiger partial charge in [-0.05, 0) is 50.2 Å². The number of pyridine rings is 1. The molecule has 0 bridgehead atoms. The second kappa shape index (κ2) is 9.74. The van der Waals surface area contributed by atoms with Crippen molar-refractivity contribution in [3.05, 3.63) is 71.5 Å². The summed E-state index contributed by atoms with van der Waals surface area (Å²) in [6.07, 6.45) is 0. The van der Waals surface area contributed by atoms with E-state index in [2.05, 4.69) is 15.6 Å². The van der Waals surface area contributed by atoms with Crippen LogP contribution >= 0.6 is 0 Å². The fraction of sp³-hybridized carbons (Fsp3) is 0.231. The highest BCUT2D eigenvalue weighted by molar-refractivity contribution is 6.08. The van der Waals surface area contributed by atoms with E-state index in [1.165, 1.54) is 6.92 Å². The molecule has 0 unspecified atom stereocenters. The lowest BCUT2D eigenvalue weighted by Crippen LogP contribution is -2.24. The molecule has 0 radical (unpaired) electrons. The summed E-state index contributed by atoms with van der Waals surface area (Å²) in [5, 5.41) is 5.74. The molecule has 174 valence electrons. The van der Waals surface area contributed by atoms with Gasteiger partial charge >= 0.3 is 0 Å². The Kier molecular flexibility index (Phi) is 6.58. The Morgan fingerprint density at radius 1 is 1.06 bits per heavy atom. The van der Waals surface area contributed by atoms with Crippen LogP contribution in [0.1, 0.15) is 35.6 Å². The smallest absolute Gasteiger partial charge is 0.253 e. The lowest BCUT2D eigenvalue weighted by Gasteiger charge is -2.12. The normalized spacial score (nSPS) is 10.8. The number of methoxy groups -OCH3 is 1. The standard InChI is InChI=1S/C26H27N5O3/c1-5-31-24-22(26(33)27-15-19-10-6-8-16(2)28-19)13-20(29-17(3)32)14-23(24)30-25(31)18-9-7-11-21(12-18)34-4/h6-14H,5,15H2,1-4H3,(H,27,33)(H,29,32). The minimum Gasteiger partial charge on any atom is -0.497 e. The second-order valence-corrected chi connectivity index (χ2v) is 7.94. The fourth-order valence-electron chi connectivity index (χ4n) is 3.97. The van der Waals surface area contributed by atoms with Gasteiger partial charge in [-0.2, -0.15) is 0 Å². The number of rotatable bonds is 7. The summed E-state index contributed by atoms with van der Waals surface area (Å²) in [7, 11) is 1.62. The first-order valence-corrected chi connectivity index (χ1v) is 11.1. The highest BCUT2D eigenvalue weighted by atomic mass is 16.5. The monoisotopic (exact) mass is 457 g/mol. The van der Waals surface area contributed by atoms with Gasteiger partial charge in [-0.15, -0.1) is 0 Å². The maximum absolute atomic E-state index is 13.4. The summed E-state index contributed by atoms with van der Waals surface area (Å²) >= 11 is 0. The molecule has 2 heterocycles. The summed E-state index contributed by atoms with van der Waals surface area (Å²) < 4.78 is 7.38. The van der Waals surface area contributed by atoms with Gasteiger partial charge in [0.05, 0.1) is 35.9 Å². The number of benzene rings is 2. The molecule has 4 aromatic rings. The molecule has 2 aromatic heterocycles. The molecule has 4 rings (SSSR count). The SMILES string of the molecule is CCn1c(-c2cccc(OC)c2)nc2cc(NC(C)=O)cc(C(=O)NCc3cccc(C)n3)c21. The van der Waals surface area contributed by atoms with Crippen molar-refractivity contribution in [3.8, 4) is 17.1 Å². The molecule has 8 nitrogen and oxygen atoms in total.